The normalized spacial score (nSPS) is 12.5. The summed E-state index contributed by atoms with van der Waals surface area (Å²) in [6.45, 7) is 0.738. The van der Waals surface area contributed by atoms with E-state index in [1.807, 2.05) is 0 Å². The number of halogens is 3. The molecule has 4 N–H and O–H groups in total. The van der Waals surface area contributed by atoms with Gasteiger partial charge in [0.15, 0.2) is 11.6 Å². The van der Waals surface area contributed by atoms with Crippen LogP contribution in [-0.4, -0.2) is 24.8 Å². The first kappa shape index (κ1) is 25.4. The Morgan fingerprint density at radius 1 is 1.03 bits per heavy atom. The number of nitrogens with one attached hydrogen (secondary N) is 2. The van der Waals surface area contributed by atoms with E-state index in [-0.39, 0.29) is 23.5 Å². The molecular weight excluding hydrogens is 463 g/mol. The molecule has 0 saturated heterocycles. The van der Waals surface area contributed by atoms with Crippen LogP contribution in [0.4, 0.5) is 13.2 Å². The Labute approximate surface area is 199 Å². The highest BCUT2D eigenvalue weighted by Gasteiger charge is 2.50. The standard InChI is InChI=1S/C25H22F3N3O4/c1-14(32)35-25(34-2,24(33)31-13-15-8-10-17(11-9-15)23(29)30)20-21(27)18(12-19(26)22(20)28)16-6-4-3-5-7-16/h3-12H,13H2,1-2H3,(H3,29,30)(H,31,33). The van der Waals surface area contributed by atoms with E-state index in [0.29, 0.717) is 17.2 Å². The summed E-state index contributed by atoms with van der Waals surface area (Å²) in [5, 5.41) is 9.82. The molecule has 0 fully saturated rings. The molecule has 3 rings (SSSR count). The highest BCUT2D eigenvalue weighted by molar-refractivity contribution is 5.95. The monoisotopic (exact) mass is 485 g/mol. The maximum atomic E-state index is 15.7. The van der Waals surface area contributed by atoms with Gasteiger partial charge in [0.05, 0.1) is 0 Å². The Kier molecular flexibility index (Phi) is 7.55. The number of nitrogens with two attached hydrogens (primary N) is 1. The summed E-state index contributed by atoms with van der Waals surface area (Å²) in [6, 6.07) is 14.6. The van der Waals surface area contributed by atoms with E-state index in [2.05, 4.69) is 5.32 Å². The third kappa shape index (κ3) is 5.17. The summed E-state index contributed by atoms with van der Waals surface area (Å²) in [4.78, 5) is 25.1. The highest BCUT2D eigenvalue weighted by Crippen LogP contribution is 2.38. The first-order valence-electron chi connectivity index (χ1n) is 10.3. The quantitative estimate of drug-likeness (QED) is 0.148. The Bertz CT molecular complexity index is 1270. The van der Waals surface area contributed by atoms with E-state index < -0.39 is 40.7 Å². The van der Waals surface area contributed by atoms with Crippen molar-refractivity contribution in [3.63, 3.8) is 0 Å². The van der Waals surface area contributed by atoms with Gasteiger partial charge in [-0.25, -0.2) is 13.2 Å². The van der Waals surface area contributed by atoms with Crippen molar-refractivity contribution in [1.82, 2.24) is 5.32 Å². The predicted octanol–water partition coefficient (Wildman–Crippen LogP) is 3.73. The average Bonchev–Trinajstić information content (AvgIpc) is 2.84. The summed E-state index contributed by atoms with van der Waals surface area (Å²) in [5.74, 6) is -10.0. The minimum Gasteiger partial charge on any atom is -0.419 e. The zero-order chi connectivity index (χ0) is 25.8. The lowest BCUT2D eigenvalue weighted by Crippen LogP contribution is -2.50. The summed E-state index contributed by atoms with van der Waals surface area (Å²) in [5.41, 5.74) is 5.02. The number of hydrogen-bond acceptors (Lipinski definition) is 5. The Morgan fingerprint density at radius 2 is 1.66 bits per heavy atom. The van der Waals surface area contributed by atoms with Crippen LogP contribution in [-0.2, 0) is 31.4 Å². The molecule has 0 spiro atoms. The molecule has 0 aromatic heterocycles. The molecule has 35 heavy (non-hydrogen) atoms. The zero-order valence-electron chi connectivity index (χ0n) is 18.8. The fraction of sp³-hybridized carbons (Fsp3) is 0.160. The van der Waals surface area contributed by atoms with E-state index >= 15 is 8.78 Å². The van der Waals surface area contributed by atoms with Gasteiger partial charge in [0.2, 0.25) is 0 Å². The second-order valence-electron chi connectivity index (χ2n) is 7.48. The third-order valence-electron chi connectivity index (χ3n) is 5.16. The van der Waals surface area contributed by atoms with Gasteiger partial charge in [0, 0.05) is 31.7 Å². The average molecular weight is 485 g/mol. The molecule has 1 amide bonds. The number of methoxy groups -OCH3 is 1. The lowest BCUT2D eigenvalue weighted by Gasteiger charge is -2.31. The first-order chi connectivity index (χ1) is 16.6. The van der Waals surface area contributed by atoms with E-state index in [4.69, 9.17) is 20.6 Å². The van der Waals surface area contributed by atoms with E-state index in [0.717, 1.165) is 14.0 Å². The van der Waals surface area contributed by atoms with Gasteiger partial charge >= 0.3 is 11.8 Å². The number of esters is 1. The lowest BCUT2D eigenvalue weighted by atomic mass is 9.95. The van der Waals surface area contributed by atoms with Gasteiger partial charge in [-0.1, -0.05) is 54.6 Å². The van der Waals surface area contributed by atoms with Crippen molar-refractivity contribution in [1.29, 1.82) is 5.41 Å². The third-order valence-corrected chi connectivity index (χ3v) is 5.16. The van der Waals surface area contributed by atoms with Crippen LogP contribution in [0.3, 0.4) is 0 Å². The van der Waals surface area contributed by atoms with E-state index in [1.54, 1.807) is 30.3 Å². The van der Waals surface area contributed by atoms with Crippen molar-refractivity contribution in [2.24, 2.45) is 5.73 Å². The van der Waals surface area contributed by atoms with Gasteiger partial charge in [0.25, 0.3) is 5.91 Å². The van der Waals surface area contributed by atoms with Gasteiger partial charge in [-0.3, -0.25) is 15.0 Å². The van der Waals surface area contributed by atoms with Crippen LogP contribution in [0.5, 0.6) is 0 Å². The van der Waals surface area contributed by atoms with Crippen LogP contribution >= 0.6 is 0 Å². The maximum absolute atomic E-state index is 15.7. The van der Waals surface area contributed by atoms with Crippen LogP contribution in [0.2, 0.25) is 0 Å². The molecule has 0 bridgehead atoms. The molecule has 10 heteroatoms. The number of carbonyl (C=O) groups is 2. The van der Waals surface area contributed by atoms with E-state index in [9.17, 15) is 14.0 Å². The second-order valence-corrected chi connectivity index (χ2v) is 7.48. The molecule has 0 radical (unpaired) electrons. The van der Waals surface area contributed by atoms with Crippen LogP contribution in [0, 0.1) is 22.9 Å². The topological polar surface area (TPSA) is 114 Å². The van der Waals surface area contributed by atoms with Crippen molar-refractivity contribution in [2.75, 3.05) is 7.11 Å². The van der Waals surface area contributed by atoms with Crippen molar-refractivity contribution in [2.45, 2.75) is 19.3 Å². The summed E-state index contributed by atoms with van der Waals surface area (Å²) < 4.78 is 55.5. The molecule has 0 aliphatic heterocycles. The van der Waals surface area contributed by atoms with Crippen molar-refractivity contribution < 1.29 is 32.2 Å². The van der Waals surface area contributed by atoms with Gasteiger partial charge in [0.1, 0.15) is 17.2 Å². The molecule has 0 heterocycles. The van der Waals surface area contributed by atoms with Gasteiger partial charge in [-0.05, 0) is 17.2 Å². The summed E-state index contributed by atoms with van der Waals surface area (Å²) in [6.07, 6.45) is 0. The lowest BCUT2D eigenvalue weighted by molar-refractivity contribution is -0.226. The van der Waals surface area contributed by atoms with E-state index in [1.165, 1.54) is 24.3 Å². The molecule has 1 unspecified atom stereocenters. The van der Waals surface area contributed by atoms with Gasteiger partial charge in [-0.15, -0.1) is 0 Å². The number of amidine groups is 1. The fourth-order valence-electron chi connectivity index (χ4n) is 3.47. The Balaban J connectivity index is 2.08. The molecule has 7 nitrogen and oxygen atoms in total. The van der Waals surface area contributed by atoms with Crippen molar-refractivity contribution in [3.8, 4) is 11.1 Å². The van der Waals surface area contributed by atoms with Crippen LogP contribution < -0.4 is 11.1 Å². The molecule has 182 valence electrons. The molecule has 0 aliphatic carbocycles. The van der Waals surface area contributed by atoms with Crippen LogP contribution in [0.1, 0.15) is 23.6 Å². The van der Waals surface area contributed by atoms with Crippen molar-refractivity contribution >= 4 is 17.7 Å². The van der Waals surface area contributed by atoms with Gasteiger partial charge < -0.3 is 20.5 Å². The van der Waals surface area contributed by atoms with Crippen LogP contribution in [0.25, 0.3) is 11.1 Å². The molecular formula is C25H22F3N3O4. The summed E-state index contributed by atoms with van der Waals surface area (Å²) in [7, 11) is 0.899. The van der Waals surface area contributed by atoms with Gasteiger partial charge in [-0.2, -0.15) is 0 Å². The number of nitrogen functional groups attached to an aromatic ring is 1. The SMILES string of the molecule is COC(OC(C)=O)(C(=O)NCc1ccc(C(=N)N)cc1)c1c(F)c(F)cc(-c2ccccc2)c1F. The predicted molar refractivity (Wildman–Crippen MR) is 122 cm³/mol. The minimum atomic E-state index is -2.97. The first-order valence-corrected chi connectivity index (χ1v) is 10.3. The second kappa shape index (κ2) is 10.4. The number of carbonyl (C=O) groups excluding carboxylic acids is 2. The zero-order valence-corrected chi connectivity index (χ0v) is 18.8. The van der Waals surface area contributed by atoms with Crippen LogP contribution in [0.15, 0.2) is 60.7 Å². The minimum absolute atomic E-state index is 0.153. The maximum Gasteiger partial charge on any atom is 0.326 e. The largest absolute Gasteiger partial charge is 0.419 e. The number of amides is 1. The Morgan fingerprint density at radius 3 is 2.20 bits per heavy atom. The fourth-order valence-corrected chi connectivity index (χ4v) is 3.47. The summed E-state index contributed by atoms with van der Waals surface area (Å²) >= 11 is 0. The van der Waals surface area contributed by atoms with Crippen molar-refractivity contribution in [3.05, 3.63) is 94.8 Å². The molecule has 0 aliphatic rings. The number of rotatable bonds is 8. The Hall–Kier alpha value is -4.18. The number of ether oxygens (including phenoxy) is 2. The smallest absolute Gasteiger partial charge is 0.326 e. The number of hydrogen-bond donors (Lipinski definition) is 3. The highest BCUT2D eigenvalue weighted by atomic mass is 19.2. The number of benzene rings is 3. The molecule has 0 saturated carbocycles. The molecule has 1 atom stereocenters. The molecule has 3 aromatic rings. The molecule has 3 aromatic carbocycles.